The van der Waals surface area contributed by atoms with Crippen LogP contribution in [0.1, 0.15) is 61.8 Å². The van der Waals surface area contributed by atoms with Gasteiger partial charge in [-0.25, -0.2) is 4.79 Å². The molecule has 0 radical (unpaired) electrons. The second-order valence-corrected chi connectivity index (χ2v) is 9.61. The summed E-state index contributed by atoms with van der Waals surface area (Å²) in [6, 6.07) is 12.5. The average Bonchev–Trinajstić information content (AvgIpc) is 2.82. The van der Waals surface area contributed by atoms with Gasteiger partial charge < -0.3 is 9.64 Å². The molecule has 2 aromatic rings. The van der Waals surface area contributed by atoms with Crippen LogP contribution >= 0.6 is 11.6 Å². The van der Waals surface area contributed by atoms with E-state index in [0.717, 1.165) is 28.7 Å². The molecule has 37 heavy (non-hydrogen) atoms. The highest BCUT2D eigenvalue weighted by molar-refractivity contribution is 6.30. The maximum atomic E-state index is 13.7. The molecule has 7 nitrogen and oxygen atoms in total. The Labute approximate surface area is 224 Å². The van der Waals surface area contributed by atoms with Crippen molar-refractivity contribution in [2.75, 3.05) is 19.7 Å². The van der Waals surface area contributed by atoms with Gasteiger partial charge in [-0.1, -0.05) is 66.4 Å². The fourth-order valence-corrected chi connectivity index (χ4v) is 4.15. The van der Waals surface area contributed by atoms with Gasteiger partial charge in [-0.3, -0.25) is 19.3 Å². The van der Waals surface area contributed by atoms with E-state index in [-0.39, 0.29) is 57.2 Å². The smallest absolute Gasteiger partial charge is 0.327 e. The molecule has 0 bridgehead atoms. The van der Waals surface area contributed by atoms with E-state index in [1.165, 1.54) is 9.80 Å². The third kappa shape index (κ3) is 10.4. The lowest BCUT2D eigenvalue weighted by Gasteiger charge is -2.30. The van der Waals surface area contributed by atoms with Crippen LogP contribution in [0, 0.1) is 13.8 Å². The summed E-state index contributed by atoms with van der Waals surface area (Å²) >= 11 is 6.01. The number of urea groups is 1. The third-order valence-electron chi connectivity index (χ3n) is 5.77. The number of esters is 1. The largest absolute Gasteiger partial charge is 0.466 e. The van der Waals surface area contributed by atoms with Crippen LogP contribution in [0.3, 0.4) is 0 Å². The van der Waals surface area contributed by atoms with Crippen LogP contribution in [-0.4, -0.2) is 53.2 Å². The first-order chi connectivity index (χ1) is 17.6. The van der Waals surface area contributed by atoms with Crippen LogP contribution in [0.2, 0.25) is 5.02 Å². The van der Waals surface area contributed by atoms with Gasteiger partial charge in [0.15, 0.2) is 0 Å². The molecule has 200 valence electrons. The number of ether oxygens (including phenoxy) is 1. The van der Waals surface area contributed by atoms with Gasteiger partial charge in [0.05, 0.1) is 13.0 Å². The Morgan fingerprint density at radius 3 is 2.14 bits per heavy atom. The van der Waals surface area contributed by atoms with Gasteiger partial charge in [0.1, 0.15) is 12.2 Å². The zero-order valence-corrected chi connectivity index (χ0v) is 23.0. The number of nitrogens with zero attached hydrogens (tertiary/aromatic N) is 2. The van der Waals surface area contributed by atoms with Crippen molar-refractivity contribution < 1.29 is 23.9 Å². The predicted molar refractivity (Wildman–Crippen MR) is 144 cm³/mol. The van der Waals surface area contributed by atoms with Crippen molar-refractivity contribution in [3.63, 3.8) is 0 Å². The lowest BCUT2D eigenvalue weighted by atomic mass is 10.0. The number of benzene rings is 2. The Morgan fingerprint density at radius 2 is 1.54 bits per heavy atom. The summed E-state index contributed by atoms with van der Waals surface area (Å²) in [6.07, 6.45) is 1.22. The van der Waals surface area contributed by atoms with Crippen molar-refractivity contribution in [3.05, 3.63) is 69.7 Å². The van der Waals surface area contributed by atoms with Crippen molar-refractivity contribution in [2.24, 2.45) is 0 Å². The van der Waals surface area contributed by atoms with Crippen LogP contribution < -0.4 is 0 Å². The maximum Gasteiger partial charge on any atom is 0.327 e. The molecular weight excluding hydrogens is 492 g/mol. The molecule has 0 spiro atoms. The second-order valence-electron chi connectivity index (χ2n) is 9.17. The summed E-state index contributed by atoms with van der Waals surface area (Å²) in [6.45, 7) is 8.37. The summed E-state index contributed by atoms with van der Waals surface area (Å²) in [7, 11) is 0. The van der Waals surface area contributed by atoms with Crippen molar-refractivity contribution in [1.82, 2.24) is 9.80 Å². The Balaban J connectivity index is 2.25. The van der Waals surface area contributed by atoms with Crippen molar-refractivity contribution in [2.45, 2.75) is 66.3 Å². The van der Waals surface area contributed by atoms with Gasteiger partial charge in [-0.15, -0.1) is 0 Å². The van der Waals surface area contributed by atoms with Crippen molar-refractivity contribution in [1.29, 1.82) is 0 Å². The van der Waals surface area contributed by atoms with Crippen molar-refractivity contribution in [3.8, 4) is 0 Å². The number of hydrogen-bond acceptors (Lipinski definition) is 5. The number of Topliss-reactive ketones (excluding diaryl/α,β-unsaturated/α-hetero) is 1. The fraction of sp³-hybridized carbons (Fsp3) is 0.448. The van der Waals surface area contributed by atoms with E-state index in [2.05, 4.69) is 0 Å². The summed E-state index contributed by atoms with van der Waals surface area (Å²) in [5, 5.41) is 0.569. The molecule has 2 aromatic carbocycles. The topological polar surface area (TPSA) is 84.0 Å². The number of amides is 3. The van der Waals surface area contributed by atoms with E-state index >= 15 is 0 Å². The lowest BCUT2D eigenvalue weighted by Crippen LogP contribution is -2.47. The van der Waals surface area contributed by atoms with Crippen molar-refractivity contribution >= 4 is 35.3 Å². The van der Waals surface area contributed by atoms with Gasteiger partial charge in [-0.05, 0) is 50.5 Å². The zero-order chi connectivity index (χ0) is 27.4. The van der Waals surface area contributed by atoms with E-state index in [9.17, 15) is 19.2 Å². The highest BCUT2D eigenvalue weighted by Gasteiger charge is 2.27. The first-order valence-corrected chi connectivity index (χ1v) is 13.1. The molecule has 0 unspecified atom stereocenters. The van der Waals surface area contributed by atoms with E-state index in [1.54, 1.807) is 31.2 Å². The molecule has 0 saturated carbocycles. The Hall–Kier alpha value is -3.19. The first-order valence-electron chi connectivity index (χ1n) is 12.7. The van der Waals surface area contributed by atoms with Gasteiger partial charge in [0.25, 0.3) is 0 Å². The normalized spacial score (nSPS) is 10.6. The van der Waals surface area contributed by atoms with Crippen LogP contribution in [0.15, 0.2) is 42.5 Å². The number of unbranched alkanes of at least 4 members (excludes halogenated alkanes) is 1. The summed E-state index contributed by atoms with van der Waals surface area (Å²) in [4.78, 5) is 54.0. The summed E-state index contributed by atoms with van der Waals surface area (Å²) in [5.41, 5.74) is 3.77. The van der Waals surface area contributed by atoms with E-state index in [4.69, 9.17) is 16.3 Å². The molecule has 0 fully saturated rings. The minimum atomic E-state index is -0.587. The Kier molecular flexibility index (Phi) is 12.3. The predicted octanol–water partition coefficient (Wildman–Crippen LogP) is 5.66. The molecule has 8 heteroatoms. The number of rotatable bonds is 13. The average molecular weight is 529 g/mol. The molecule has 2 rings (SSSR count). The number of imide groups is 1. The summed E-state index contributed by atoms with van der Waals surface area (Å²) < 4.78 is 4.86. The van der Waals surface area contributed by atoms with Gasteiger partial charge in [0.2, 0.25) is 5.91 Å². The summed E-state index contributed by atoms with van der Waals surface area (Å²) in [5.74, 6) is -1.20. The number of aryl methyl sites for hydroxylation is 2. The molecular formula is C29H37ClN2O5. The molecule has 0 aliphatic carbocycles. The third-order valence-corrected chi connectivity index (χ3v) is 6.02. The van der Waals surface area contributed by atoms with Gasteiger partial charge >= 0.3 is 12.0 Å². The number of hydrogen-bond donors (Lipinski definition) is 0. The monoisotopic (exact) mass is 528 g/mol. The first kappa shape index (κ1) is 30.0. The molecule has 0 aliphatic rings. The van der Waals surface area contributed by atoms with E-state index in [1.807, 2.05) is 39.0 Å². The van der Waals surface area contributed by atoms with Crippen LogP contribution in [0.5, 0.6) is 0 Å². The van der Waals surface area contributed by atoms with Crippen LogP contribution in [0.4, 0.5) is 4.79 Å². The number of carbonyl (C=O) groups excluding carboxylic acids is 4. The fourth-order valence-electron chi connectivity index (χ4n) is 4.03. The maximum absolute atomic E-state index is 13.7. The highest BCUT2D eigenvalue weighted by atomic mass is 35.5. The molecule has 0 N–H and O–H groups in total. The molecule has 0 saturated heterocycles. The van der Waals surface area contributed by atoms with E-state index < -0.39 is 12.0 Å². The molecule has 0 atom stereocenters. The van der Waals surface area contributed by atoms with Crippen LogP contribution in [-0.2, 0) is 32.1 Å². The number of halogens is 1. The minimum Gasteiger partial charge on any atom is -0.466 e. The molecule has 0 aromatic heterocycles. The quantitative estimate of drug-likeness (QED) is 0.247. The molecule has 0 aliphatic heterocycles. The minimum absolute atomic E-state index is 0.0228. The van der Waals surface area contributed by atoms with Gasteiger partial charge in [0, 0.05) is 31.1 Å². The highest BCUT2D eigenvalue weighted by Crippen LogP contribution is 2.16. The Bertz CT molecular complexity index is 1060. The number of carbonyl (C=O) groups is 4. The van der Waals surface area contributed by atoms with Gasteiger partial charge in [-0.2, -0.15) is 0 Å². The SMILES string of the molecule is CCCCN(C(=O)Cc1cc(C)cc(C)c1)C(=O)N(CCC(=O)CC(=O)OCC)Cc1ccc(Cl)cc1. The lowest BCUT2D eigenvalue weighted by molar-refractivity contribution is -0.145. The van der Waals surface area contributed by atoms with Crippen LogP contribution in [0.25, 0.3) is 0 Å². The van der Waals surface area contributed by atoms with E-state index in [0.29, 0.717) is 11.4 Å². The Morgan fingerprint density at radius 1 is 0.892 bits per heavy atom. The zero-order valence-electron chi connectivity index (χ0n) is 22.2. The molecule has 3 amide bonds. The standard InChI is InChI=1S/C29H37ClN2O5/c1-5-7-13-32(27(34)18-24-16-21(3)15-22(4)17-24)29(36)31(20-23-8-10-25(30)11-9-23)14-12-26(33)19-28(35)37-6-2/h8-11,15-17H,5-7,12-14,18-20H2,1-4H3. The molecule has 0 heterocycles. The second kappa shape index (κ2) is 15.2. The number of ketones is 1.